The number of hydrogen-bond acceptors (Lipinski definition) is 1. The van der Waals surface area contributed by atoms with Gasteiger partial charge in [0.15, 0.2) is 0 Å². The third-order valence-corrected chi connectivity index (χ3v) is 3.56. The van der Waals surface area contributed by atoms with E-state index >= 15 is 0 Å². The fourth-order valence-corrected chi connectivity index (χ4v) is 2.70. The maximum atomic E-state index is 13.8. The minimum absolute atomic E-state index is 0.0949. The normalized spacial score (nSPS) is 15.4. The zero-order valence-corrected chi connectivity index (χ0v) is 10.3. The second-order valence-corrected chi connectivity index (χ2v) is 5.00. The van der Waals surface area contributed by atoms with E-state index < -0.39 is 5.97 Å². The Morgan fingerprint density at radius 3 is 2.67 bits per heavy atom. The smallest absolute Gasteiger partial charge is 0.337 e. The predicted octanol–water partition coefficient (Wildman–Crippen LogP) is 3.31. The van der Waals surface area contributed by atoms with Crippen molar-refractivity contribution in [3.8, 4) is 0 Å². The summed E-state index contributed by atoms with van der Waals surface area (Å²) in [6.45, 7) is 1.53. The largest absolute Gasteiger partial charge is 0.478 e. The molecule has 0 radical (unpaired) electrons. The lowest BCUT2D eigenvalue weighted by molar-refractivity contribution is 0.0694. The van der Waals surface area contributed by atoms with Gasteiger partial charge in [-0.15, -0.1) is 0 Å². The van der Waals surface area contributed by atoms with E-state index in [2.05, 4.69) is 0 Å². The van der Waals surface area contributed by atoms with E-state index in [-0.39, 0.29) is 16.9 Å². The maximum absolute atomic E-state index is 13.8. The Kier molecular flexibility index (Phi) is 2.70. The molecule has 0 spiro atoms. The highest BCUT2D eigenvalue weighted by molar-refractivity contribution is 14.1. The molecule has 2 nitrogen and oxygen atoms in total. The Morgan fingerprint density at radius 1 is 1.60 bits per heavy atom. The van der Waals surface area contributed by atoms with Gasteiger partial charge in [-0.1, -0.05) is 0 Å². The molecule has 0 aliphatic heterocycles. The number of carboxylic acid groups (broad SMARTS) is 1. The van der Waals surface area contributed by atoms with Crippen molar-refractivity contribution in [1.82, 2.24) is 0 Å². The molecule has 0 amide bonds. The summed E-state index contributed by atoms with van der Waals surface area (Å²) in [4.78, 5) is 10.9. The van der Waals surface area contributed by atoms with E-state index in [1.165, 1.54) is 6.92 Å². The number of rotatable bonds is 2. The summed E-state index contributed by atoms with van der Waals surface area (Å²) in [6, 6.07) is 1.67. The quantitative estimate of drug-likeness (QED) is 0.849. The summed E-state index contributed by atoms with van der Waals surface area (Å²) < 4.78 is 14.5. The molecular weight excluding hydrogens is 310 g/mol. The summed E-state index contributed by atoms with van der Waals surface area (Å²) in [5, 5.41) is 8.94. The van der Waals surface area contributed by atoms with Crippen LogP contribution in [0.4, 0.5) is 4.39 Å². The highest BCUT2D eigenvalue weighted by atomic mass is 127. The van der Waals surface area contributed by atoms with Gasteiger partial charge in [-0.2, -0.15) is 0 Å². The van der Waals surface area contributed by atoms with Crippen LogP contribution in [0.25, 0.3) is 0 Å². The van der Waals surface area contributed by atoms with Gasteiger partial charge in [0.1, 0.15) is 5.82 Å². The van der Waals surface area contributed by atoms with E-state index in [1.807, 2.05) is 22.6 Å². The van der Waals surface area contributed by atoms with Crippen molar-refractivity contribution in [2.24, 2.45) is 0 Å². The van der Waals surface area contributed by atoms with Crippen molar-refractivity contribution in [2.45, 2.75) is 25.7 Å². The Morgan fingerprint density at radius 2 is 2.20 bits per heavy atom. The predicted molar refractivity (Wildman–Crippen MR) is 62.8 cm³/mol. The van der Waals surface area contributed by atoms with Crippen LogP contribution in [0.1, 0.15) is 40.2 Å². The van der Waals surface area contributed by atoms with Crippen LogP contribution in [0.2, 0.25) is 0 Å². The molecule has 1 N–H and O–H groups in total. The van der Waals surface area contributed by atoms with Gasteiger partial charge in [0.25, 0.3) is 0 Å². The average molecular weight is 320 g/mol. The van der Waals surface area contributed by atoms with Crippen molar-refractivity contribution in [3.63, 3.8) is 0 Å². The van der Waals surface area contributed by atoms with Crippen molar-refractivity contribution in [2.75, 3.05) is 0 Å². The number of aromatic carboxylic acids is 1. The standard InChI is InChI=1S/C11H10FIO2/c1-5-9(11(14)15)8(13)4-7(10(5)12)6-2-3-6/h4,6H,2-3H2,1H3,(H,14,15). The number of carboxylic acids is 1. The first-order valence-electron chi connectivity index (χ1n) is 4.74. The molecule has 15 heavy (non-hydrogen) atoms. The number of hydrogen-bond donors (Lipinski definition) is 1. The SMILES string of the molecule is Cc1c(F)c(C2CC2)cc(I)c1C(=O)O. The molecule has 0 bridgehead atoms. The Bertz CT molecular complexity index is 439. The number of halogens is 2. The Labute approximate surface area is 101 Å². The summed E-state index contributed by atoms with van der Waals surface area (Å²) in [5.74, 6) is -1.09. The van der Waals surface area contributed by atoms with E-state index in [0.29, 0.717) is 15.1 Å². The minimum Gasteiger partial charge on any atom is -0.478 e. The zero-order valence-electron chi connectivity index (χ0n) is 8.18. The molecule has 1 aliphatic rings. The molecule has 1 aliphatic carbocycles. The van der Waals surface area contributed by atoms with Crippen LogP contribution in [0.15, 0.2) is 6.07 Å². The van der Waals surface area contributed by atoms with Gasteiger partial charge < -0.3 is 5.11 Å². The molecule has 1 aromatic carbocycles. The Balaban J connectivity index is 2.61. The maximum Gasteiger partial charge on any atom is 0.337 e. The highest BCUT2D eigenvalue weighted by Gasteiger charge is 2.29. The van der Waals surface area contributed by atoms with Gasteiger partial charge in [-0.25, -0.2) is 9.18 Å². The lowest BCUT2D eigenvalue weighted by Gasteiger charge is -2.09. The van der Waals surface area contributed by atoms with Gasteiger partial charge >= 0.3 is 5.97 Å². The van der Waals surface area contributed by atoms with E-state index in [1.54, 1.807) is 6.07 Å². The van der Waals surface area contributed by atoms with Gasteiger partial charge in [-0.3, -0.25) is 0 Å². The van der Waals surface area contributed by atoms with Crippen molar-refractivity contribution >= 4 is 28.6 Å². The summed E-state index contributed by atoms with van der Waals surface area (Å²) >= 11 is 1.96. The fourth-order valence-electron chi connectivity index (χ4n) is 1.73. The second kappa shape index (κ2) is 3.73. The van der Waals surface area contributed by atoms with Crippen molar-refractivity contribution in [3.05, 3.63) is 32.1 Å². The topological polar surface area (TPSA) is 37.3 Å². The zero-order chi connectivity index (χ0) is 11.2. The third-order valence-electron chi connectivity index (χ3n) is 2.71. The molecule has 0 unspecified atom stereocenters. The van der Waals surface area contributed by atoms with Crippen LogP contribution in [0.5, 0.6) is 0 Å². The van der Waals surface area contributed by atoms with Crippen LogP contribution in [0.3, 0.4) is 0 Å². The molecule has 2 rings (SSSR count). The average Bonchev–Trinajstić information content (AvgIpc) is 2.94. The van der Waals surface area contributed by atoms with Gasteiger partial charge in [0, 0.05) is 9.13 Å². The lowest BCUT2D eigenvalue weighted by atomic mass is 10.0. The van der Waals surface area contributed by atoms with Crippen LogP contribution < -0.4 is 0 Å². The summed E-state index contributed by atoms with van der Waals surface area (Å²) in [6.07, 6.45) is 2.03. The van der Waals surface area contributed by atoms with E-state index in [4.69, 9.17) is 5.11 Å². The molecular formula is C11H10FIO2. The van der Waals surface area contributed by atoms with Gasteiger partial charge in [0.2, 0.25) is 0 Å². The third kappa shape index (κ3) is 1.87. The van der Waals surface area contributed by atoms with Gasteiger partial charge in [0.05, 0.1) is 5.56 Å². The second-order valence-electron chi connectivity index (χ2n) is 3.84. The number of benzene rings is 1. The molecule has 0 saturated heterocycles. The van der Waals surface area contributed by atoms with Crippen LogP contribution in [-0.4, -0.2) is 11.1 Å². The molecule has 1 aromatic rings. The minimum atomic E-state index is -1.06. The summed E-state index contributed by atoms with van der Waals surface area (Å²) in [5.41, 5.74) is 1.04. The van der Waals surface area contributed by atoms with Crippen molar-refractivity contribution in [1.29, 1.82) is 0 Å². The molecule has 0 atom stereocenters. The van der Waals surface area contributed by atoms with E-state index in [9.17, 15) is 9.18 Å². The highest BCUT2D eigenvalue weighted by Crippen LogP contribution is 2.43. The van der Waals surface area contributed by atoms with Crippen molar-refractivity contribution < 1.29 is 14.3 Å². The molecule has 1 fully saturated rings. The molecule has 80 valence electrons. The van der Waals surface area contributed by atoms with E-state index in [0.717, 1.165) is 12.8 Å². The number of carbonyl (C=O) groups is 1. The molecule has 0 heterocycles. The monoisotopic (exact) mass is 320 g/mol. The first kappa shape index (κ1) is 10.9. The van der Waals surface area contributed by atoms with Gasteiger partial charge in [-0.05, 0) is 59.9 Å². The van der Waals surface area contributed by atoms with Crippen LogP contribution in [0, 0.1) is 16.3 Å². The first-order valence-corrected chi connectivity index (χ1v) is 5.82. The molecule has 1 saturated carbocycles. The van der Waals surface area contributed by atoms with Crippen LogP contribution in [-0.2, 0) is 0 Å². The lowest BCUT2D eigenvalue weighted by Crippen LogP contribution is -2.07. The van der Waals surface area contributed by atoms with Crippen LogP contribution >= 0.6 is 22.6 Å². The summed E-state index contributed by atoms with van der Waals surface area (Å²) in [7, 11) is 0. The first-order chi connectivity index (χ1) is 7.02. The molecule has 0 aromatic heterocycles. The molecule has 4 heteroatoms. The Hall–Kier alpha value is -0.650. The fraction of sp³-hybridized carbons (Fsp3) is 0.364.